The van der Waals surface area contributed by atoms with E-state index in [2.05, 4.69) is 4.98 Å². The van der Waals surface area contributed by atoms with Crippen molar-refractivity contribution in [1.29, 1.82) is 0 Å². The molecular weight excluding hydrogens is 223 g/mol. The number of nitrogen functional groups attached to an aromatic ring is 1. The van der Waals surface area contributed by atoms with Crippen LogP contribution in [0.2, 0.25) is 0 Å². The second-order valence-corrected chi connectivity index (χ2v) is 4.51. The molecule has 1 aromatic heterocycles. The molecular formula is C12H11FN2S. The molecule has 1 aromatic carbocycles. The minimum Gasteiger partial charge on any atom is -0.397 e. The fraction of sp³-hybridized carbons (Fsp3) is 0.0833. The van der Waals surface area contributed by atoms with E-state index in [1.807, 2.05) is 13.0 Å². The first kappa shape index (κ1) is 11.0. The van der Waals surface area contributed by atoms with Crippen molar-refractivity contribution in [2.24, 2.45) is 0 Å². The molecule has 0 bridgehead atoms. The Labute approximate surface area is 97.7 Å². The topological polar surface area (TPSA) is 38.9 Å². The number of pyridine rings is 1. The highest BCUT2D eigenvalue weighted by Gasteiger charge is 2.03. The number of nitrogens with two attached hydrogens (primary N) is 1. The van der Waals surface area contributed by atoms with Crippen LogP contribution in [0, 0.1) is 12.7 Å². The average Bonchev–Trinajstić information content (AvgIpc) is 2.25. The van der Waals surface area contributed by atoms with Crippen LogP contribution in [0.4, 0.5) is 10.1 Å². The number of aromatic nitrogens is 1. The van der Waals surface area contributed by atoms with Gasteiger partial charge in [0, 0.05) is 4.90 Å². The molecule has 0 aliphatic carbocycles. The molecule has 0 unspecified atom stereocenters. The molecule has 0 aliphatic heterocycles. The SMILES string of the molecule is Cc1cc(N)cnc1Sc1ccc(F)cc1. The van der Waals surface area contributed by atoms with Crippen LogP contribution in [0.5, 0.6) is 0 Å². The highest BCUT2D eigenvalue weighted by Crippen LogP contribution is 2.28. The lowest BCUT2D eigenvalue weighted by Crippen LogP contribution is -1.90. The van der Waals surface area contributed by atoms with E-state index < -0.39 is 0 Å². The zero-order chi connectivity index (χ0) is 11.5. The van der Waals surface area contributed by atoms with Gasteiger partial charge in [-0.25, -0.2) is 9.37 Å². The molecule has 0 spiro atoms. The number of halogens is 1. The minimum absolute atomic E-state index is 0.230. The van der Waals surface area contributed by atoms with E-state index >= 15 is 0 Å². The van der Waals surface area contributed by atoms with E-state index in [9.17, 15) is 4.39 Å². The molecule has 2 nitrogen and oxygen atoms in total. The molecule has 0 saturated carbocycles. The third kappa shape index (κ3) is 2.52. The summed E-state index contributed by atoms with van der Waals surface area (Å²) in [7, 11) is 0. The van der Waals surface area contributed by atoms with Gasteiger partial charge in [-0.15, -0.1) is 0 Å². The van der Waals surface area contributed by atoms with Crippen LogP contribution in [0.25, 0.3) is 0 Å². The maximum Gasteiger partial charge on any atom is 0.123 e. The summed E-state index contributed by atoms with van der Waals surface area (Å²) in [5.74, 6) is -0.230. The van der Waals surface area contributed by atoms with Crippen molar-refractivity contribution >= 4 is 17.4 Å². The molecule has 0 aliphatic rings. The van der Waals surface area contributed by atoms with Gasteiger partial charge in [0.1, 0.15) is 10.8 Å². The Kier molecular flexibility index (Phi) is 3.10. The van der Waals surface area contributed by atoms with E-state index in [4.69, 9.17) is 5.73 Å². The van der Waals surface area contributed by atoms with Gasteiger partial charge < -0.3 is 5.73 Å². The van der Waals surface area contributed by atoms with Gasteiger partial charge in [0.15, 0.2) is 0 Å². The molecule has 0 fully saturated rings. The lowest BCUT2D eigenvalue weighted by molar-refractivity contribution is 0.626. The number of hydrogen-bond donors (Lipinski definition) is 1. The highest BCUT2D eigenvalue weighted by molar-refractivity contribution is 7.99. The molecule has 82 valence electrons. The molecule has 0 amide bonds. The minimum atomic E-state index is -0.230. The van der Waals surface area contributed by atoms with Crippen molar-refractivity contribution in [3.8, 4) is 0 Å². The Morgan fingerprint density at radius 2 is 1.94 bits per heavy atom. The van der Waals surface area contributed by atoms with Crippen LogP contribution < -0.4 is 5.73 Å². The summed E-state index contributed by atoms with van der Waals surface area (Å²) in [6.07, 6.45) is 1.62. The Morgan fingerprint density at radius 3 is 2.56 bits per heavy atom. The maximum atomic E-state index is 12.7. The summed E-state index contributed by atoms with van der Waals surface area (Å²) >= 11 is 1.50. The van der Waals surface area contributed by atoms with Crippen molar-refractivity contribution in [3.63, 3.8) is 0 Å². The van der Waals surface area contributed by atoms with E-state index in [1.54, 1.807) is 18.3 Å². The van der Waals surface area contributed by atoms with Gasteiger partial charge in [0.05, 0.1) is 11.9 Å². The van der Waals surface area contributed by atoms with Crippen LogP contribution in [0.1, 0.15) is 5.56 Å². The lowest BCUT2D eigenvalue weighted by Gasteiger charge is -2.05. The summed E-state index contributed by atoms with van der Waals surface area (Å²) in [5, 5.41) is 0.890. The molecule has 1 heterocycles. The number of rotatable bonds is 2. The van der Waals surface area contributed by atoms with E-state index in [-0.39, 0.29) is 5.82 Å². The van der Waals surface area contributed by atoms with Gasteiger partial charge in [-0.2, -0.15) is 0 Å². The second kappa shape index (κ2) is 4.53. The molecule has 2 aromatic rings. The molecule has 4 heteroatoms. The molecule has 0 radical (unpaired) electrons. The lowest BCUT2D eigenvalue weighted by atomic mass is 10.3. The standard InChI is InChI=1S/C12H11FN2S/c1-8-6-10(14)7-15-12(8)16-11-4-2-9(13)3-5-11/h2-7H,14H2,1H3. The average molecular weight is 234 g/mol. The van der Waals surface area contributed by atoms with E-state index in [0.29, 0.717) is 5.69 Å². The third-order valence-electron chi connectivity index (χ3n) is 2.08. The zero-order valence-corrected chi connectivity index (χ0v) is 9.59. The fourth-order valence-corrected chi connectivity index (χ4v) is 2.13. The summed E-state index contributed by atoms with van der Waals surface area (Å²) in [6.45, 7) is 1.95. The summed E-state index contributed by atoms with van der Waals surface area (Å²) in [4.78, 5) is 5.20. The van der Waals surface area contributed by atoms with Gasteiger partial charge in [-0.3, -0.25) is 0 Å². The Hall–Kier alpha value is -1.55. The number of aryl methyl sites for hydroxylation is 1. The molecule has 0 saturated heterocycles. The maximum absolute atomic E-state index is 12.7. The van der Waals surface area contributed by atoms with Crippen molar-refractivity contribution in [2.45, 2.75) is 16.8 Å². The first-order chi connectivity index (χ1) is 7.65. The Balaban J connectivity index is 2.23. The highest BCUT2D eigenvalue weighted by atomic mass is 32.2. The van der Waals surface area contributed by atoms with Crippen LogP contribution in [-0.4, -0.2) is 4.98 Å². The number of hydrogen-bond acceptors (Lipinski definition) is 3. The predicted octanol–water partition coefficient (Wildman–Crippen LogP) is 3.26. The van der Waals surface area contributed by atoms with Crippen molar-refractivity contribution in [3.05, 3.63) is 47.9 Å². The Morgan fingerprint density at radius 1 is 1.25 bits per heavy atom. The van der Waals surface area contributed by atoms with Crippen molar-refractivity contribution in [2.75, 3.05) is 5.73 Å². The van der Waals surface area contributed by atoms with Crippen molar-refractivity contribution in [1.82, 2.24) is 4.98 Å². The summed E-state index contributed by atoms with van der Waals surface area (Å²) < 4.78 is 12.7. The van der Waals surface area contributed by atoms with E-state index in [1.165, 1.54) is 23.9 Å². The zero-order valence-electron chi connectivity index (χ0n) is 8.77. The van der Waals surface area contributed by atoms with Crippen LogP contribution in [0.15, 0.2) is 46.5 Å². The molecule has 2 N–H and O–H groups in total. The predicted molar refractivity (Wildman–Crippen MR) is 63.9 cm³/mol. The fourth-order valence-electron chi connectivity index (χ4n) is 1.31. The number of anilines is 1. The van der Waals surface area contributed by atoms with Crippen molar-refractivity contribution < 1.29 is 4.39 Å². The Bertz CT molecular complexity index is 497. The van der Waals surface area contributed by atoms with Gasteiger partial charge >= 0.3 is 0 Å². The number of benzene rings is 1. The second-order valence-electron chi connectivity index (χ2n) is 3.45. The molecule has 16 heavy (non-hydrogen) atoms. The first-order valence-electron chi connectivity index (χ1n) is 4.81. The van der Waals surface area contributed by atoms with Gasteiger partial charge in [0.25, 0.3) is 0 Å². The number of nitrogens with zero attached hydrogens (tertiary/aromatic N) is 1. The monoisotopic (exact) mass is 234 g/mol. The van der Waals surface area contributed by atoms with Crippen LogP contribution in [0.3, 0.4) is 0 Å². The van der Waals surface area contributed by atoms with Gasteiger partial charge in [-0.1, -0.05) is 11.8 Å². The molecule has 2 rings (SSSR count). The van der Waals surface area contributed by atoms with Gasteiger partial charge in [0.2, 0.25) is 0 Å². The normalized spacial score (nSPS) is 10.4. The van der Waals surface area contributed by atoms with Crippen LogP contribution >= 0.6 is 11.8 Å². The summed E-state index contributed by atoms with van der Waals surface area (Å²) in [6, 6.07) is 8.22. The first-order valence-corrected chi connectivity index (χ1v) is 5.62. The largest absolute Gasteiger partial charge is 0.397 e. The smallest absolute Gasteiger partial charge is 0.123 e. The van der Waals surface area contributed by atoms with Gasteiger partial charge in [-0.05, 0) is 42.8 Å². The quantitative estimate of drug-likeness (QED) is 0.866. The summed E-state index contributed by atoms with van der Waals surface area (Å²) in [5.41, 5.74) is 7.30. The van der Waals surface area contributed by atoms with Crippen LogP contribution in [-0.2, 0) is 0 Å². The molecule has 0 atom stereocenters. The third-order valence-corrected chi connectivity index (χ3v) is 3.21. The van der Waals surface area contributed by atoms with E-state index in [0.717, 1.165) is 15.5 Å².